The van der Waals surface area contributed by atoms with Crippen molar-refractivity contribution in [2.45, 2.75) is 38.4 Å². The van der Waals surface area contributed by atoms with E-state index in [2.05, 4.69) is 4.90 Å². The Balaban J connectivity index is 2.13. The van der Waals surface area contributed by atoms with E-state index in [1.54, 1.807) is 7.11 Å². The molecule has 1 saturated heterocycles. The third-order valence-electron chi connectivity index (χ3n) is 2.79. The quantitative estimate of drug-likeness (QED) is 0.689. The van der Waals surface area contributed by atoms with E-state index in [0.29, 0.717) is 19.3 Å². The van der Waals surface area contributed by atoms with Gasteiger partial charge in [0, 0.05) is 26.7 Å². The van der Waals surface area contributed by atoms with Gasteiger partial charge in [-0.1, -0.05) is 0 Å². The van der Waals surface area contributed by atoms with E-state index in [-0.39, 0.29) is 0 Å². The fourth-order valence-corrected chi connectivity index (χ4v) is 2.08. The number of β-amino-alcohol motifs (C(OH)–C–C–N with tert-alkyl or cyclic N) is 1. The Morgan fingerprint density at radius 3 is 2.38 bits per heavy atom. The minimum Gasteiger partial charge on any atom is -0.389 e. The molecule has 0 radical (unpaired) electrons. The normalized spacial score (nSPS) is 20.2. The van der Waals surface area contributed by atoms with Crippen molar-refractivity contribution in [1.29, 1.82) is 0 Å². The van der Waals surface area contributed by atoms with Gasteiger partial charge in [-0.15, -0.1) is 0 Å². The molecule has 1 aliphatic rings. The summed E-state index contributed by atoms with van der Waals surface area (Å²) in [7, 11) is 1.69. The van der Waals surface area contributed by atoms with Gasteiger partial charge < -0.3 is 19.5 Å². The van der Waals surface area contributed by atoms with Crippen LogP contribution in [0.3, 0.4) is 0 Å². The van der Waals surface area contributed by atoms with Crippen LogP contribution in [0, 0.1) is 0 Å². The molecule has 0 amide bonds. The maximum Gasteiger partial charge on any atom is 0.0718 e. The summed E-state index contributed by atoms with van der Waals surface area (Å²) in [4.78, 5) is 2.30. The minimum absolute atomic E-state index is 0.369. The molecule has 0 atom stereocenters. The van der Waals surface area contributed by atoms with Crippen LogP contribution in [0.15, 0.2) is 0 Å². The molecule has 1 N–H and O–H groups in total. The fourth-order valence-electron chi connectivity index (χ4n) is 2.08. The van der Waals surface area contributed by atoms with E-state index in [1.165, 1.54) is 0 Å². The van der Waals surface area contributed by atoms with Gasteiger partial charge in [0.05, 0.1) is 24.9 Å². The van der Waals surface area contributed by atoms with E-state index in [0.717, 1.165) is 32.5 Å². The number of nitrogens with zero attached hydrogens (tertiary/aromatic N) is 1. The standard InChI is InChI=1S/C12H25NO3/c1-12(2,14)10-13-6-4-11(5-7-13)16-9-8-15-3/h11,14H,4-10H2,1-3H3. The number of methoxy groups -OCH3 is 1. The molecule has 4 nitrogen and oxygen atoms in total. The van der Waals surface area contributed by atoms with Gasteiger partial charge in [0.1, 0.15) is 0 Å². The SMILES string of the molecule is COCCOC1CCN(CC(C)(C)O)CC1. The van der Waals surface area contributed by atoms with Gasteiger partial charge in [0.25, 0.3) is 0 Å². The van der Waals surface area contributed by atoms with Crippen LogP contribution in [0.4, 0.5) is 0 Å². The van der Waals surface area contributed by atoms with Crippen molar-refractivity contribution in [2.24, 2.45) is 0 Å². The zero-order chi connectivity index (χ0) is 12.0. The number of hydrogen-bond donors (Lipinski definition) is 1. The smallest absolute Gasteiger partial charge is 0.0718 e. The van der Waals surface area contributed by atoms with E-state index in [4.69, 9.17) is 9.47 Å². The highest BCUT2D eigenvalue weighted by Gasteiger charge is 2.23. The van der Waals surface area contributed by atoms with Crippen molar-refractivity contribution >= 4 is 0 Å². The van der Waals surface area contributed by atoms with Crippen LogP contribution < -0.4 is 0 Å². The van der Waals surface area contributed by atoms with Gasteiger partial charge in [-0.25, -0.2) is 0 Å². The highest BCUT2D eigenvalue weighted by molar-refractivity contribution is 4.78. The molecule has 4 heteroatoms. The van der Waals surface area contributed by atoms with E-state index >= 15 is 0 Å². The molecule has 0 aromatic carbocycles. The molecule has 0 aromatic heterocycles. The van der Waals surface area contributed by atoms with Crippen LogP contribution in [-0.2, 0) is 9.47 Å². The largest absolute Gasteiger partial charge is 0.389 e. The Labute approximate surface area is 98.5 Å². The Bertz CT molecular complexity index is 183. The average molecular weight is 231 g/mol. The lowest BCUT2D eigenvalue weighted by molar-refractivity contribution is -0.0307. The predicted molar refractivity (Wildman–Crippen MR) is 63.6 cm³/mol. The van der Waals surface area contributed by atoms with Crippen molar-refractivity contribution in [3.63, 3.8) is 0 Å². The van der Waals surface area contributed by atoms with Crippen LogP contribution >= 0.6 is 0 Å². The number of piperidine rings is 1. The maximum absolute atomic E-state index is 9.72. The number of ether oxygens (including phenoxy) is 2. The molecule has 0 bridgehead atoms. The van der Waals surface area contributed by atoms with Crippen molar-refractivity contribution in [1.82, 2.24) is 4.90 Å². The third kappa shape index (κ3) is 5.80. The molecule has 1 rings (SSSR count). The van der Waals surface area contributed by atoms with Gasteiger partial charge in [0.2, 0.25) is 0 Å². The first-order valence-electron chi connectivity index (χ1n) is 6.06. The second-order valence-electron chi connectivity index (χ2n) is 5.15. The van der Waals surface area contributed by atoms with E-state index < -0.39 is 5.60 Å². The lowest BCUT2D eigenvalue weighted by atomic mass is 10.0. The zero-order valence-electron chi connectivity index (χ0n) is 10.7. The first-order chi connectivity index (χ1) is 7.51. The molecule has 1 fully saturated rings. The maximum atomic E-state index is 9.72. The number of hydrogen-bond acceptors (Lipinski definition) is 4. The molecule has 0 aromatic rings. The fraction of sp³-hybridized carbons (Fsp3) is 1.00. The summed E-state index contributed by atoms with van der Waals surface area (Å²) >= 11 is 0. The second-order valence-corrected chi connectivity index (χ2v) is 5.15. The van der Waals surface area contributed by atoms with Crippen LogP contribution in [0.1, 0.15) is 26.7 Å². The van der Waals surface area contributed by atoms with E-state index in [1.807, 2.05) is 13.8 Å². The van der Waals surface area contributed by atoms with Crippen LogP contribution in [-0.4, -0.2) is 61.7 Å². The molecule has 16 heavy (non-hydrogen) atoms. The first kappa shape index (κ1) is 13.9. The van der Waals surface area contributed by atoms with Crippen LogP contribution in [0.2, 0.25) is 0 Å². The van der Waals surface area contributed by atoms with Gasteiger partial charge in [-0.2, -0.15) is 0 Å². The van der Waals surface area contributed by atoms with Crippen molar-refractivity contribution in [3.8, 4) is 0 Å². The molecule has 0 spiro atoms. The molecule has 0 unspecified atom stereocenters. The Hall–Kier alpha value is -0.160. The van der Waals surface area contributed by atoms with Gasteiger partial charge in [0.15, 0.2) is 0 Å². The predicted octanol–water partition coefficient (Wildman–Crippen LogP) is 0.885. The minimum atomic E-state index is -0.594. The molecule has 1 aliphatic heterocycles. The van der Waals surface area contributed by atoms with Gasteiger partial charge in [-0.05, 0) is 26.7 Å². The monoisotopic (exact) mass is 231 g/mol. The number of rotatable bonds is 6. The summed E-state index contributed by atoms with van der Waals surface area (Å²) in [6.07, 6.45) is 2.48. The molecule has 1 heterocycles. The van der Waals surface area contributed by atoms with Crippen molar-refractivity contribution in [2.75, 3.05) is 40.0 Å². The lowest BCUT2D eigenvalue weighted by Crippen LogP contribution is -2.44. The number of aliphatic hydroxyl groups is 1. The second kappa shape index (κ2) is 6.55. The highest BCUT2D eigenvalue weighted by Crippen LogP contribution is 2.16. The summed E-state index contributed by atoms with van der Waals surface area (Å²) in [5.41, 5.74) is -0.594. The molecular formula is C12H25NO3. The Kier molecular flexibility index (Phi) is 5.69. The Morgan fingerprint density at radius 2 is 1.88 bits per heavy atom. The summed E-state index contributed by atoms with van der Waals surface area (Å²) in [5.74, 6) is 0. The number of likely N-dealkylation sites (tertiary alicyclic amines) is 1. The van der Waals surface area contributed by atoms with Gasteiger partial charge >= 0.3 is 0 Å². The first-order valence-corrected chi connectivity index (χ1v) is 6.06. The average Bonchev–Trinajstić information content (AvgIpc) is 2.19. The molecule has 0 saturated carbocycles. The van der Waals surface area contributed by atoms with Crippen molar-refractivity contribution in [3.05, 3.63) is 0 Å². The molecular weight excluding hydrogens is 206 g/mol. The lowest BCUT2D eigenvalue weighted by Gasteiger charge is -2.35. The third-order valence-corrected chi connectivity index (χ3v) is 2.79. The summed E-state index contributed by atoms with van der Waals surface area (Å²) in [6.45, 7) is 7.85. The summed E-state index contributed by atoms with van der Waals surface area (Å²) < 4.78 is 10.6. The zero-order valence-corrected chi connectivity index (χ0v) is 10.7. The van der Waals surface area contributed by atoms with E-state index in [9.17, 15) is 5.11 Å². The topological polar surface area (TPSA) is 41.9 Å². The van der Waals surface area contributed by atoms with Crippen LogP contribution in [0.25, 0.3) is 0 Å². The molecule has 0 aliphatic carbocycles. The van der Waals surface area contributed by atoms with Crippen molar-refractivity contribution < 1.29 is 14.6 Å². The van der Waals surface area contributed by atoms with Gasteiger partial charge in [-0.3, -0.25) is 0 Å². The molecule has 96 valence electrons. The van der Waals surface area contributed by atoms with Crippen LogP contribution in [0.5, 0.6) is 0 Å². The highest BCUT2D eigenvalue weighted by atomic mass is 16.5. The summed E-state index contributed by atoms with van der Waals surface area (Å²) in [6, 6.07) is 0. The Morgan fingerprint density at radius 1 is 1.25 bits per heavy atom. The summed E-state index contributed by atoms with van der Waals surface area (Å²) in [5, 5.41) is 9.72.